The molecular weight excluding hydrogens is 427 g/mol. The Bertz CT molecular complexity index is 1010. The van der Waals surface area contributed by atoms with Crippen molar-refractivity contribution in [3.05, 3.63) is 59.2 Å². The lowest BCUT2D eigenvalue weighted by atomic mass is 10.1. The molecule has 0 saturated carbocycles. The van der Waals surface area contributed by atoms with Gasteiger partial charge >= 0.3 is 12.2 Å². The third-order valence-electron chi connectivity index (χ3n) is 5.35. The molecule has 170 valence electrons. The summed E-state index contributed by atoms with van der Waals surface area (Å²) in [5, 5.41) is 2.36. The number of rotatable bonds is 2. The number of morpholine rings is 1. The fourth-order valence-corrected chi connectivity index (χ4v) is 3.68. The molecule has 0 bridgehead atoms. The van der Waals surface area contributed by atoms with E-state index in [1.54, 1.807) is 23.1 Å². The first-order valence-electron chi connectivity index (χ1n) is 10.2. The number of nitrogens with one attached hydrogen (secondary N) is 1. The third kappa shape index (κ3) is 4.80. The van der Waals surface area contributed by atoms with Gasteiger partial charge in [0, 0.05) is 24.2 Å². The van der Waals surface area contributed by atoms with E-state index in [-0.39, 0.29) is 31.3 Å². The summed E-state index contributed by atoms with van der Waals surface area (Å²) in [5.41, 5.74) is -0.162. The number of alkyl halides is 3. The van der Waals surface area contributed by atoms with E-state index in [4.69, 9.17) is 9.47 Å². The van der Waals surface area contributed by atoms with Crippen LogP contribution in [0, 0.1) is 0 Å². The summed E-state index contributed by atoms with van der Waals surface area (Å²) in [6.45, 7) is 2.42. The van der Waals surface area contributed by atoms with Crippen LogP contribution in [0.25, 0.3) is 0 Å². The van der Waals surface area contributed by atoms with Crippen LogP contribution in [0.5, 0.6) is 5.75 Å². The molecule has 2 aromatic carbocycles. The zero-order chi connectivity index (χ0) is 22.7. The fraction of sp³-hybridized carbons (Fsp3) is 0.364. The number of ether oxygens (including phenoxy) is 2. The molecule has 0 spiro atoms. The zero-order valence-corrected chi connectivity index (χ0v) is 17.2. The van der Waals surface area contributed by atoms with Gasteiger partial charge in [-0.15, -0.1) is 0 Å². The van der Waals surface area contributed by atoms with Gasteiger partial charge < -0.3 is 24.6 Å². The summed E-state index contributed by atoms with van der Waals surface area (Å²) in [7, 11) is 0. The number of hydrogen-bond donors (Lipinski definition) is 1. The van der Waals surface area contributed by atoms with Gasteiger partial charge in [0.2, 0.25) is 0 Å². The fourth-order valence-electron chi connectivity index (χ4n) is 3.68. The van der Waals surface area contributed by atoms with E-state index in [1.165, 1.54) is 23.1 Å². The Hall–Kier alpha value is -3.27. The van der Waals surface area contributed by atoms with Gasteiger partial charge in [0.25, 0.3) is 5.91 Å². The minimum absolute atomic E-state index is 0.0968. The Labute approximate surface area is 182 Å². The Morgan fingerprint density at radius 3 is 2.41 bits per heavy atom. The molecule has 7 nitrogen and oxygen atoms in total. The second kappa shape index (κ2) is 9.07. The van der Waals surface area contributed by atoms with Gasteiger partial charge in [0.05, 0.1) is 37.6 Å². The van der Waals surface area contributed by atoms with E-state index in [0.29, 0.717) is 43.2 Å². The van der Waals surface area contributed by atoms with Crippen LogP contribution in [0.3, 0.4) is 0 Å². The van der Waals surface area contributed by atoms with Crippen molar-refractivity contribution in [1.29, 1.82) is 0 Å². The Kier molecular flexibility index (Phi) is 6.22. The smallest absolute Gasteiger partial charge is 0.418 e. The van der Waals surface area contributed by atoms with Crippen LogP contribution in [0.15, 0.2) is 42.5 Å². The largest absolute Gasteiger partial charge is 0.491 e. The van der Waals surface area contributed by atoms with Gasteiger partial charge in [-0.2, -0.15) is 13.2 Å². The minimum Gasteiger partial charge on any atom is -0.491 e. The highest BCUT2D eigenvalue weighted by molar-refractivity contribution is 5.95. The van der Waals surface area contributed by atoms with Crippen LogP contribution in [0.4, 0.5) is 23.7 Å². The zero-order valence-electron chi connectivity index (χ0n) is 17.2. The average Bonchev–Trinajstić information content (AvgIpc) is 3.01. The van der Waals surface area contributed by atoms with Gasteiger partial charge in [0.1, 0.15) is 12.4 Å². The van der Waals surface area contributed by atoms with Crippen LogP contribution in [-0.2, 0) is 17.5 Å². The molecule has 1 N–H and O–H groups in total. The van der Waals surface area contributed by atoms with Crippen molar-refractivity contribution in [2.75, 3.05) is 44.8 Å². The van der Waals surface area contributed by atoms with Gasteiger partial charge in [-0.25, -0.2) is 4.79 Å². The highest BCUT2D eigenvalue weighted by Crippen LogP contribution is 2.35. The first-order valence-corrected chi connectivity index (χ1v) is 10.2. The molecule has 2 aromatic rings. The molecule has 2 aliphatic rings. The van der Waals surface area contributed by atoms with Crippen molar-refractivity contribution in [2.24, 2.45) is 0 Å². The quantitative estimate of drug-likeness (QED) is 0.761. The van der Waals surface area contributed by atoms with Crippen LogP contribution in [-0.4, -0.2) is 61.2 Å². The number of fused-ring (bicyclic) bond motifs is 1. The van der Waals surface area contributed by atoms with E-state index < -0.39 is 17.8 Å². The van der Waals surface area contributed by atoms with Crippen molar-refractivity contribution >= 4 is 17.6 Å². The van der Waals surface area contributed by atoms with Crippen molar-refractivity contribution in [3.8, 4) is 5.75 Å². The predicted molar refractivity (Wildman–Crippen MR) is 110 cm³/mol. The average molecular weight is 449 g/mol. The van der Waals surface area contributed by atoms with E-state index >= 15 is 0 Å². The lowest BCUT2D eigenvalue weighted by Gasteiger charge is -2.27. The van der Waals surface area contributed by atoms with Crippen molar-refractivity contribution < 1.29 is 32.2 Å². The first-order chi connectivity index (χ1) is 15.3. The topological polar surface area (TPSA) is 71.1 Å². The van der Waals surface area contributed by atoms with Crippen LogP contribution in [0.2, 0.25) is 0 Å². The minimum atomic E-state index is -4.59. The number of benzene rings is 2. The molecule has 32 heavy (non-hydrogen) atoms. The summed E-state index contributed by atoms with van der Waals surface area (Å²) in [6, 6.07) is 9.17. The number of anilines is 1. The van der Waals surface area contributed by atoms with E-state index in [0.717, 1.165) is 6.07 Å². The van der Waals surface area contributed by atoms with Crippen molar-refractivity contribution in [3.63, 3.8) is 0 Å². The molecule has 10 heteroatoms. The van der Waals surface area contributed by atoms with Crippen LogP contribution < -0.4 is 10.1 Å². The Morgan fingerprint density at radius 1 is 0.938 bits per heavy atom. The highest BCUT2D eigenvalue weighted by atomic mass is 19.4. The van der Waals surface area contributed by atoms with Crippen molar-refractivity contribution in [1.82, 2.24) is 9.80 Å². The van der Waals surface area contributed by atoms with E-state index in [1.807, 2.05) is 0 Å². The van der Waals surface area contributed by atoms with Crippen molar-refractivity contribution in [2.45, 2.75) is 12.7 Å². The Morgan fingerprint density at radius 2 is 1.66 bits per heavy atom. The molecule has 2 heterocycles. The summed E-state index contributed by atoms with van der Waals surface area (Å²) in [5.74, 6) is 0.393. The van der Waals surface area contributed by atoms with Crippen LogP contribution >= 0.6 is 0 Å². The van der Waals surface area contributed by atoms with E-state index in [9.17, 15) is 22.8 Å². The number of nitrogens with zero attached hydrogens (tertiary/aromatic N) is 2. The molecule has 4 rings (SSSR count). The molecule has 1 fully saturated rings. The molecule has 0 aliphatic carbocycles. The number of urea groups is 1. The molecule has 3 amide bonds. The van der Waals surface area contributed by atoms with Gasteiger partial charge in [-0.1, -0.05) is 12.1 Å². The number of carbonyl (C=O) groups is 2. The summed E-state index contributed by atoms with van der Waals surface area (Å²) in [6.07, 6.45) is -4.59. The van der Waals surface area contributed by atoms with Crippen LogP contribution in [0.1, 0.15) is 21.5 Å². The van der Waals surface area contributed by atoms with Gasteiger partial charge in [-0.05, 0) is 30.3 Å². The summed E-state index contributed by atoms with van der Waals surface area (Å²) >= 11 is 0. The first kappa shape index (κ1) is 21.9. The number of halogens is 3. The lowest BCUT2D eigenvalue weighted by molar-refractivity contribution is -0.136. The van der Waals surface area contributed by atoms with E-state index in [2.05, 4.69) is 5.32 Å². The monoisotopic (exact) mass is 449 g/mol. The molecule has 0 atom stereocenters. The lowest BCUT2D eigenvalue weighted by Crippen LogP contribution is -2.40. The maximum Gasteiger partial charge on any atom is 0.418 e. The third-order valence-corrected chi connectivity index (χ3v) is 5.35. The molecular formula is C22H22F3N3O4. The number of para-hydroxylation sites is 1. The standard InChI is InChI=1S/C22H22F3N3O4/c23-22(24,25)17-3-1-2-4-18(17)26-21(30)28-9-12-32-19-6-5-15(13-16(19)14-28)20(29)27-7-10-31-11-8-27/h1-6,13H,7-12,14H2,(H,26,30). The van der Waals surface area contributed by atoms with Gasteiger partial charge in [0.15, 0.2) is 0 Å². The number of hydrogen-bond acceptors (Lipinski definition) is 4. The second-order valence-electron chi connectivity index (χ2n) is 7.47. The molecule has 0 aromatic heterocycles. The maximum atomic E-state index is 13.2. The Balaban J connectivity index is 1.52. The molecule has 2 aliphatic heterocycles. The predicted octanol–water partition coefficient (Wildman–Crippen LogP) is 3.60. The maximum absolute atomic E-state index is 13.2. The SMILES string of the molecule is O=C(Nc1ccccc1C(F)(F)F)N1CCOc2ccc(C(=O)N3CCOCC3)cc2C1. The summed E-state index contributed by atoms with van der Waals surface area (Å²) in [4.78, 5) is 28.6. The normalized spacial score (nSPS) is 16.6. The second-order valence-corrected chi connectivity index (χ2v) is 7.47. The van der Waals surface area contributed by atoms with Gasteiger partial charge in [-0.3, -0.25) is 4.79 Å². The number of carbonyl (C=O) groups excluding carboxylic acids is 2. The molecule has 0 radical (unpaired) electrons. The highest BCUT2D eigenvalue weighted by Gasteiger charge is 2.34. The number of amides is 3. The summed E-state index contributed by atoms with van der Waals surface area (Å²) < 4.78 is 50.7. The molecule has 1 saturated heterocycles. The molecule has 0 unspecified atom stereocenters.